The number of urea groups is 1. The quantitative estimate of drug-likeness (QED) is 0.849. The van der Waals surface area contributed by atoms with Crippen molar-refractivity contribution in [1.82, 2.24) is 10.2 Å². The van der Waals surface area contributed by atoms with Crippen molar-refractivity contribution in [2.24, 2.45) is 5.41 Å². The van der Waals surface area contributed by atoms with Crippen LogP contribution in [0.25, 0.3) is 0 Å². The summed E-state index contributed by atoms with van der Waals surface area (Å²) in [4.78, 5) is 39.1. The summed E-state index contributed by atoms with van der Waals surface area (Å²) in [6.45, 7) is 1.78. The third-order valence-corrected chi connectivity index (χ3v) is 5.75. The van der Waals surface area contributed by atoms with Gasteiger partial charge in [-0.05, 0) is 31.9 Å². The minimum absolute atomic E-state index is 0.370. The van der Waals surface area contributed by atoms with Crippen LogP contribution in [0.5, 0.6) is 0 Å². The van der Waals surface area contributed by atoms with Gasteiger partial charge < -0.3 is 0 Å². The number of carbonyl (C=O) groups is 3. The van der Waals surface area contributed by atoms with Gasteiger partial charge in [0.25, 0.3) is 0 Å². The second kappa shape index (κ2) is 5.10. The topological polar surface area (TPSA) is 66.5 Å². The van der Waals surface area contributed by atoms with Crippen LogP contribution in [0, 0.1) is 5.41 Å². The summed E-state index contributed by atoms with van der Waals surface area (Å²) in [5.74, 6) is -0.812. The number of barbiturate groups is 1. The molecule has 2 aliphatic rings. The number of nitrogens with zero attached hydrogens (tertiary/aromatic N) is 1. The van der Waals surface area contributed by atoms with E-state index in [1.54, 1.807) is 19.1 Å². The van der Waals surface area contributed by atoms with E-state index in [4.69, 9.17) is 11.6 Å². The number of hydrogen-bond donors (Lipinski definition) is 1. The molecule has 1 aliphatic carbocycles. The first-order valence-electron chi connectivity index (χ1n) is 6.90. The number of carbonyl (C=O) groups excluding carboxylic acids is 3. The third kappa shape index (κ3) is 2.17. The summed E-state index contributed by atoms with van der Waals surface area (Å²) in [7, 11) is 0. The number of nitrogens with one attached hydrogen (secondary N) is 1. The number of hydrogen-bond acceptors (Lipinski definition) is 4. The van der Waals surface area contributed by atoms with Gasteiger partial charge in [-0.25, -0.2) is 4.79 Å². The van der Waals surface area contributed by atoms with Gasteiger partial charge >= 0.3 is 6.03 Å². The van der Waals surface area contributed by atoms with E-state index in [0.717, 1.165) is 17.7 Å². The highest BCUT2D eigenvalue weighted by Crippen LogP contribution is 2.44. The van der Waals surface area contributed by atoms with Crippen LogP contribution in [0.3, 0.4) is 0 Å². The zero-order chi connectivity index (χ0) is 15.2. The zero-order valence-corrected chi connectivity index (χ0v) is 13.1. The van der Waals surface area contributed by atoms with Crippen LogP contribution >= 0.6 is 22.9 Å². The molecule has 4 amide bonds. The predicted octanol–water partition coefficient (Wildman–Crippen LogP) is 3.10. The molecule has 1 saturated carbocycles. The number of thiophene rings is 1. The molecule has 1 spiro atoms. The Balaban J connectivity index is 1.95. The molecule has 1 N–H and O–H groups in total. The fourth-order valence-corrected chi connectivity index (χ4v) is 4.25. The Morgan fingerprint density at radius 3 is 2.52 bits per heavy atom. The van der Waals surface area contributed by atoms with Crippen LogP contribution in [0.4, 0.5) is 4.79 Å². The van der Waals surface area contributed by atoms with E-state index in [0.29, 0.717) is 17.2 Å². The van der Waals surface area contributed by atoms with Crippen molar-refractivity contribution in [3.63, 3.8) is 0 Å². The van der Waals surface area contributed by atoms with Gasteiger partial charge in [0.1, 0.15) is 5.41 Å². The molecule has 2 heterocycles. The summed E-state index contributed by atoms with van der Waals surface area (Å²) >= 11 is 7.25. The first-order valence-corrected chi connectivity index (χ1v) is 8.09. The third-order valence-electron chi connectivity index (χ3n) is 4.35. The van der Waals surface area contributed by atoms with E-state index < -0.39 is 23.4 Å². The maximum Gasteiger partial charge on any atom is 0.331 e. The van der Waals surface area contributed by atoms with Gasteiger partial charge in [-0.1, -0.05) is 24.4 Å². The van der Waals surface area contributed by atoms with Crippen molar-refractivity contribution in [2.45, 2.75) is 38.6 Å². The lowest BCUT2D eigenvalue weighted by Gasteiger charge is -2.39. The molecule has 1 aromatic rings. The molecule has 0 bridgehead atoms. The smallest absolute Gasteiger partial charge is 0.277 e. The average molecular weight is 327 g/mol. The molecular weight excluding hydrogens is 312 g/mol. The van der Waals surface area contributed by atoms with Gasteiger partial charge in [-0.2, -0.15) is 0 Å². The average Bonchev–Trinajstić information content (AvgIpc) is 3.06. The Morgan fingerprint density at radius 2 is 1.95 bits per heavy atom. The molecule has 21 heavy (non-hydrogen) atoms. The Bertz CT molecular complexity index is 621. The fraction of sp³-hybridized carbons (Fsp3) is 0.500. The van der Waals surface area contributed by atoms with Gasteiger partial charge in [-0.15, -0.1) is 11.3 Å². The lowest BCUT2D eigenvalue weighted by atomic mass is 9.81. The Labute approximate surface area is 131 Å². The molecule has 7 heteroatoms. The first-order chi connectivity index (χ1) is 9.95. The van der Waals surface area contributed by atoms with Crippen LogP contribution in [-0.2, 0) is 9.59 Å². The second-order valence-electron chi connectivity index (χ2n) is 5.54. The van der Waals surface area contributed by atoms with Gasteiger partial charge in [0.2, 0.25) is 11.8 Å². The number of halogens is 1. The molecule has 1 saturated heterocycles. The molecule has 5 nitrogen and oxygen atoms in total. The summed E-state index contributed by atoms with van der Waals surface area (Å²) in [5.41, 5.74) is -1.05. The van der Waals surface area contributed by atoms with Crippen LogP contribution in [0.15, 0.2) is 12.1 Å². The Hall–Kier alpha value is -1.40. The lowest BCUT2D eigenvalue weighted by Crippen LogP contribution is -2.63. The molecule has 3 rings (SSSR count). The highest BCUT2D eigenvalue weighted by atomic mass is 35.5. The molecule has 2 fully saturated rings. The fourth-order valence-electron chi connectivity index (χ4n) is 3.15. The molecular formula is C14H15ClN2O3S. The minimum atomic E-state index is -1.05. The Morgan fingerprint density at radius 1 is 1.29 bits per heavy atom. The van der Waals surface area contributed by atoms with Crippen molar-refractivity contribution in [3.8, 4) is 0 Å². The summed E-state index contributed by atoms with van der Waals surface area (Å²) in [6.07, 6.45) is 2.69. The predicted molar refractivity (Wildman–Crippen MR) is 79.0 cm³/mol. The molecule has 1 unspecified atom stereocenters. The van der Waals surface area contributed by atoms with E-state index >= 15 is 0 Å². The molecule has 112 valence electrons. The van der Waals surface area contributed by atoms with Crippen LogP contribution in [0.1, 0.15) is 43.5 Å². The van der Waals surface area contributed by atoms with E-state index in [1.165, 1.54) is 16.2 Å². The van der Waals surface area contributed by atoms with Crippen molar-refractivity contribution in [3.05, 3.63) is 21.3 Å². The van der Waals surface area contributed by atoms with E-state index in [1.807, 2.05) is 0 Å². The molecule has 0 radical (unpaired) electrons. The number of rotatable bonds is 2. The largest absolute Gasteiger partial charge is 0.331 e. The molecule has 0 aromatic carbocycles. The molecule has 1 atom stereocenters. The number of imide groups is 2. The Kier molecular flexibility index (Phi) is 3.53. The summed E-state index contributed by atoms with van der Waals surface area (Å²) in [5, 5.41) is 2.35. The summed E-state index contributed by atoms with van der Waals surface area (Å²) in [6, 6.07) is 2.47. The second-order valence-corrected chi connectivity index (χ2v) is 7.29. The van der Waals surface area contributed by atoms with Gasteiger partial charge in [0.15, 0.2) is 0 Å². The van der Waals surface area contributed by atoms with E-state index in [9.17, 15) is 14.4 Å². The maximum atomic E-state index is 12.8. The standard InChI is InChI=1S/C14H15ClN2O3S/c1-8(9-4-5-10(15)21-9)17-12(19)14(6-2-3-7-14)11(18)16-13(17)20/h4-5,8H,2-3,6-7H2,1H3,(H,16,18,20). The maximum absolute atomic E-state index is 12.8. The highest BCUT2D eigenvalue weighted by Gasteiger charge is 2.56. The highest BCUT2D eigenvalue weighted by molar-refractivity contribution is 7.16. The normalized spacial score (nSPS) is 22.8. The number of amides is 4. The van der Waals surface area contributed by atoms with Crippen molar-refractivity contribution < 1.29 is 14.4 Å². The van der Waals surface area contributed by atoms with Crippen molar-refractivity contribution in [1.29, 1.82) is 0 Å². The SMILES string of the molecule is CC(c1ccc(Cl)s1)N1C(=O)NC(=O)C2(CCCC2)C1=O. The van der Waals surface area contributed by atoms with Gasteiger partial charge in [0, 0.05) is 4.88 Å². The monoisotopic (exact) mass is 326 g/mol. The lowest BCUT2D eigenvalue weighted by molar-refractivity contribution is -0.152. The first kappa shape index (κ1) is 14.5. The van der Waals surface area contributed by atoms with Gasteiger partial charge in [-0.3, -0.25) is 19.8 Å². The van der Waals surface area contributed by atoms with E-state index in [2.05, 4.69) is 5.32 Å². The molecule has 1 aliphatic heterocycles. The van der Waals surface area contributed by atoms with Crippen molar-refractivity contribution >= 4 is 40.8 Å². The minimum Gasteiger partial charge on any atom is -0.277 e. The summed E-state index contributed by atoms with van der Waals surface area (Å²) < 4.78 is 0.605. The van der Waals surface area contributed by atoms with Crippen LogP contribution in [-0.4, -0.2) is 22.7 Å². The van der Waals surface area contributed by atoms with Gasteiger partial charge in [0.05, 0.1) is 10.4 Å². The van der Waals surface area contributed by atoms with Crippen molar-refractivity contribution in [2.75, 3.05) is 0 Å². The van der Waals surface area contributed by atoms with Crippen LogP contribution < -0.4 is 5.32 Å². The zero-order valence-electron chi connectivity index (χ0n) is 11.5. The van der Waals surface area contributed by atoms with Crippen LogP contribution in [0.2, 0.25) is 4.34 Å². The molecule has 1 aromatic heterocycles. The van der Waals surface area contributed by atoms with E-state index in [-0.39, 0.29) is 5.91 Å².